The van der Waals surface area contributed by atoms with Crippen LogP contribution in [0.1, 0.15) is 38.5 Å². The van der Waals surface area contributed by atoms with Gasteiger partial charge in [0.05, 0.1) is 13.7 Å². The molecule has 2 N–H and O–H groups in total. The molecule has 1 aliphatic heterocycles. The van der Waals surface area contributed by atoms with Crippen LogP contribution in [0, 0.1) is 5.92 Å². The van der Waals surface area contributed by atoms with E-state index in [9.17, 15) is 0 Å². The fourth-order valence-electron chi connectivity index (χ4n) is 3.38. The predicted molar refractivity (Wildman–Crippen MR) is 68.8 cm³/mol. The summed E-state index contributed by atoms with van der Waals surface area (Å²) in [6.07, 6.45) is 6.67. The van der Waals surface area contributed by atoms with E-state index in [0.29, 0.717) is 12.0 Å². The topological polar surface area (TPSA) is 41.6 Å². The van der Waals surface area contributed by atoms with Crippen LogP contribution < -0.4 is 5.73 Å². The minimum Gasteiger partial charge on any atom is -0.360 e. The molecule has 3 atom stereocenters. The molecule has 0 aromatic rings. The number of likely N-dealkylation sites (tertiary alicyclic amines) is 1. The molecule has 2 radical (unpaired) electrons. The van der Waals surface area contributed by atoms with Gasteiger partial charge in [0.25, 0.3) is 0 Å². The SMILES string of the molecule is [B]C1(N)CCCCC2C1CCC(=NC)N2C. The van der Waals surface area contributed by atoms with Gasteiger partial charge in [0.2, 0.25) is 0 Å². The van der Waals surface area contributed by atoms with Gasteiger partial charge in [0.1, 0.15) is 0 Å². The second kappa shape index (κ2) is 4.40. The highest BCUT2D eigenvalue weighted by Crippen LogP contribution is 2.37. The number of nitrogens with zero attached hydrogens (tertiary/aromatic N) is 2. The first-order valence-corrected chi connectivity index (χ1v) is 6.32. The summed E-state index contributed by atoms with van der Waals surface area (Å²) in [6.45, 7) is 0. The molecular weight excluding hydrogens is 197 g/mol. The standard InChI is InChI=1S/C12H22BN3/c1-15-11-7-6-9-10(16(11)2)5-3-4-8-12(9,13)14/h9-10H,3-8,14H2,1-2H3. The van der Waals surface area contributed by atoms with Gasteiger partial charge in [-0.15, -0.1) is 0 Å². The average Bonchev–Trinajstić information content (AvgIpc) is 2.39. The third kappa shape index (κ3) is 2.00. The highest BCUT2D eigenvalue weighted by molar-refractivity contribution is 6.15. The lowest BCUT2D eigenvalue weighted by Gasteiger charge is -2.47. The fraction of sp³-hybridized carbons (Fsp3) is 0.917. The Morgan fingerprint density at radius 3 is 2.88 bits per heavy atom. The lowest BCUT2D eigenvalue weighted by atomic mass is 9.62. The van der Waals surface area contributed by atoms with E-state index < -0.39 is 5.44 Å². The lowest BCUT2D eigenvalue weighted by molar-refractivity contribution is 0.172. The summed E-state index contributed by atoms with van der Waals surface area (Å²) in [4.78, 5) is 6.67. The zero-order chi connectivity index (χ0) is 11.8. The van der Waals surface area contributed by atoms with Crippen LogP contribution >= 0.6 is 0 Å². The Kier molecular flexibility index (Phi) is 3.29. The molecule has 88 valence electrons. The van der Waals surface area contributed by atoms with Crippen molar-refractivity contribution in [3.05, 3.63) is 0 Å². The summed E-state index contributed by atoms with van der Waals surface area (Å²) in [6, 6.07) is 0.491. The highest BCUT2D eigenvalue weighted by Gasteiger charge is 2.42. The van der Waals surface area contributed by atoms with Crippen molar-refractivity contribution in [3.63, 3.8) is 0 Å². The van der Waals surface area contributed by atoms with E-state index in [4.69, 9.17) is 13.6 Å². The van der Waals surface area contributed by atoms with Crippen molar-refractivity contribution in [2.45, 2.75) is 50.0 Å². The Morgan fingerprint density at radius 2 is 2.19 bits per heavy atom. The van der Waals surface area contributed by atoms with E-state index in [1.54, 1.807) is 0 Å². The predicted octanol–water partition coefficient (Wildman–Crippen LogP) is 1.12. The Balaban J connectivity index is 2.23. The van der Waals surface area contributed by atoms with Crippen LogP contribution in [0.3, 0.4) is 0 Å². The minimum atomic E-state index is -0.477. The number of piperidine rings is 1. The molecule has 3 unspecified atom stereocenters. The van der Waals surface area contributed by atoms with Crippen LogP contribution in [0.15, 0.2) is 4.99 Å². The molecule has 2 fully saturated rings. The van der Waals surface area contributed by atoms with Gasteiger partial charge in [0.15, 0.2) is 0 Å². The smallest absolute Gasteiger partial charge is 0.0985 e. The normalized spacial score (nSPS) is 42.9. The van der Waals surface area contributed by atoms with Crippen molar-refractivity contribution in [1.82, 2.24) is 4.90 Å². The van der Waals surface area contributed by atoms with E-state index in [1.165, 1.54) is 18.7 Å². The van der Waals surface area contributed by atoms with Gasteiger partial charge in [-0.1, -0.05) is 12.8 Å². The van der Waals surface area contributed by atoms with Crippen molar-refractivity contribution in [3.8, 4) is 0 Å². The van der Waals surface area contributed by atoms with Crippen LogP contribution in [0.5, 0.6) is 0 Å². The molecule has 0 amide bonds. The molecule has 1 heterocycles. The summed E-state index contributed by atoms with van der Waals surface area (Å²) in [5, 5.41) is 0. The number of aliphatic imine (C=N–C) groups is 1. The molecule has 4 heteroatoms. The molecule has 2 aliphatic rings. The second-order valence-corrected chi connectivity index (χ2v) is 5.32. The van der Waals surface area contributed by atoms with Crippen LogP contribution in [0.4, 0.5) is 0 Å². The molecule has 1 aliphatic carbocycles. The monoisotopic (exact) mass is 219 g/mol. The van der Waals surface area contributed by atoms with Gasteiger partial charge in [-0.05, 0) is 30.6 Å². The van der Waals surface area contributed by atoms with Crippen molar-refractivity contribution >= 4 is 13.7 Å². The Hall–Kier alpha value is -0.505. The first kappa shape index (κ1) is 12.0. The molecule has 2 rings (SSSR count). The third-order valence-corrected chi connectivity index (χ3v) is 4.36. The zero-order valence-corrected chi connectivity index (χ0v) is 10.4. The number of hydrogen-bond donors (Lipinski definition) is 1. The second-order valence-electron chi connectivity index (χ2n) is 5.32. The van der Waals surface area contributed by atoms with Crippen LogP contribution in [-0.2, 0) is 0 Å². The van der Waals surface area contributed by atoms with Gasteiger partial charge in [-0.2, -0.15) is 0 Å². The first-order chi connectivity index (χ1) is 7.56. The molecule has 3 nitrogen and oxygen atoms in total. The van der Waals surface area contributed by atoms with E-state index in [2.05, 4.69) is 16.9 Å². The van der Waals surface area contributed by atoms with Crippen LogP contribution in [0.25, 0.3) is 0 Å². The zero-order valence-electron chi connectivity index (χ0n) is 10.4. The largest absolute Gasteiger partial charge is 0.360 e. The quantitative estimate of drug-likeness (QED) is 0.620. The van der Waals surface area contributed by atoms with Crippen molar-refractivity contribution < 1.29 is 0 Å². The highest BCUT2D eigenvalue weighted by atomic mass is 15.2. The summed E-state index contributed by atoms with van der Waals surface area (Å²) in [7, 11) is 10.3. The summed E-state index contributed by atoms with van der Waals surface area (Å²) < 4.78 is 0. The number of nitrogens with two attached hydrogens (primary N) is 1. The Morgan fingerprint density at radius 1 is 1.44 bits per heavy atom. The molecule has 0 aromatic heterocycles. The maximum Gasteiger partial charge on any atom is 0.0985 e. The summed E-state index contributed by atoms with van der Waals surface area (Å²) in [5.41, 5.74) is 5.82. The average molecular weight is 219 g/mol. The Labute approximate surface area is 99.9 Å². The van der Waals surface area contributed by atoms with E-state index >= 15 is 0 Å². The Bertz CT molecular complexity index is 288. The summed E-state index contributed by atoms with van der Waals surface area (Å²) in [5.74, 6) is 1.63. The molecular formula is C12H22BN3. The van der Waals surface area contributed by atoms with Crippen molar-refractivity contribution in [2.24, 2.45) is 16.6 Å². The van der Waals surface area contributed by atoms with Gasteiger partial charge >= 0.3 is 0 Å². The molecule has 1 saturated carbocycles. The van der Waals surface area contributed by atoms with Gasteiger partial charge < -0.3 is 10.6 Å². The van der Waals surface area contributed by atoms with Crippen LogP contribution in [0.2, 0.25) is 0 Å². The van der Waals surface area contributed by atoms with Gasteiger partial charge in [0, 0.05) is 26.6 Å². The number of rotatable bonds is 0. The maximum absolute atomic E-state index is 6.29. The third-order valence-electron chi connectivity index (χ3n) is 4.36. The first-order valence-electron chi connectivity index (χ1n) is 6.32. The number of amidine groups is 1. The molecule has 0 spiro atoms. The fourth-order valence-corrected chi connectivity index (χ4v) is 3.38. The maximum atomic E-state index is 6.29. The van der Waals surface area contributed by atoms with Crippen molar-refractivity contribution in [1.29, 1.82) is 0 Å². The van der Waals surface area contributed by atoms with Gasteiger partial charge in [-0.25, -0.2) is 0 Å². The van der Waals surface area contributed by atoms with E-state index in [1.807, 2.05) is 7.05 Å². The number of fused-ring (bicyclic) bond motifs is 1. The van der Waals surface area contributed by atoms with Crippen LogP contribution in [-0.4, -0.2) is 44.2 Å². The minimum absolute atomic E-state index is 0.422. The molecule has 1 saturated heterocycles. The number of hydrogen-bond acceptors (Lipinski definition) is 2. The van der Waals surface area contributed by atoms with Gasteiger partial charge in [-0.3, -0.25) is 4.99 Å². The summed E-state index contributed by atoms with van der Waals surface area (Å²) >= 11 is 0. The molecule has 16 heavy (non-hydrogen) atoms. The molecule has 0 bridgehead atoms. The lowest BCUT2D eigenvalue weighted by Crippen LogP contribution is -2.58. The van der Waals surface area contributed by atoms with Crippen molar-refractivity contribution in [2.75, 3.05) is 14.1 Å². The molecule has 0 aromatic carbocycles. The van der Waals surface area contributed by atoms with E-state index in [0.717, 1.165) is 25.7 Å². The van der Waals surface area contributed by atoms with E-state index in [-0.39, 0.29) is 0 Å².